The van der Waals surface area contributed by atoms with E-state index in [0.717, 1.165) is 0 Å². The number of carbonyl (C=O) groups is 2. The van der Waals surface area contributed by atoms with Crippen molar-refractivity contribution in [3.8, 4) is 0 Å². The van der Waals surface area contributed by atoms with Crippen LogP contribution in [0.25, 0.3) is 0 Å². The molecule has 0 aromatic rings. The number of ketones is 1. The van der Waals surface area contributed by atoms with Gasteiger partial charge in [-0.1, -0.05) is 32.9 Å². The van der Waals surface area contributed by atoms with Gasteiger partial charge in [0, 0.05) is 35.2 Å². The van der Waals surface area contributed by atoms with Gasteiger partial charge in [0.2, 0.25) is 0 Å². The predicted molar refractivity (Wildman–Crippen MR) is 117 cm³/mol. The van der Waals surface area contributed by atoms with Gasteiger partial charge in [0.05, 0.1) is 12.2 Å². The van der Waals surface area contributed by atoms with Gasteiger partial charge >= 0.3 is 5.97 Å². The summed E-state index contributed by atoms with van der Waals surface area (Å²) >= 11 is 0. The molecule has 174 valence electrons. The highest BCUT2D eigenvalue weighted by Gasteiger charge is 2.70. The Kier molecular flexibility index (Phi) is 5.87. The fourth-order valence-electron chi connectivity index (χ4n) is 6.46. The first-order valence-corrected chi connectivity index (χ1v) is 11.3. The number of fused-ring (bicyclic) bond motifs is 3. The summed E-state index contributed by atoms with van der Waals surface area (Å²) in [6, 6.07) is 0. The number of allylic oxidation sites excluding steroid dienone is 1. The summed E-state index contributed by atoms with van der Waals surface area (Å²) in [6.45, 7) is 16.8. The molecule has 6 heteroatoms. The summed E-state index contributed by atoms with van der Waals surface area (Å²) in [4.78, 5) is 26.0. The van der Waals surface area contributed by atoms with E-state index in [1.165, 1.54) is 0 Å². The molecule has 31 heavy (non-hydrogen) atoms. The van der Waals surface area contributed by atoms with Gasteiger partial charge in [-0.25, -0.2) is 4.79 Å². The Morgan fingerprint density at radius 3 is 2.29 bits per heavy atom. The van der Waals surface area contributed by atoms with E-state index in [4.69, 9.17) is 9.47 Å². The fourth-order valence-corrected chi connectivity index (χ4v) is 6.46. The molecular weight excluding hydrogens is 396 g/mol. The van der Waals surface area contributed by atoms with Gasteiger partial charge in [0.15, 0.2) is 5.78 Å². The highest BCUT2D eigenvalue weighted by Crippen LogP contribution is 2.65. The molecule has 1 saturated heterocycles. The van der Waals surface area contributed by atoms with Gasteiger partial charge in [-0.2, -0.15) is 0 Å². The average Bonchev–Trinajstić information content (AvgIpc) is 2.70. The number of aliphatic hydroxyl groups excluding tert-OH is 2. The summed E-state index contributed by atoms with van der Waals surface area (Å²) in [5, 5.41) is 22.3. The lowest BCUT2D eigenvalue weighted by Gasteiger charge is -2.66. The van der Waals surface area contributed by atoms with Crippen molar-refractivity contribution in [3.05, 3.63) is 24.3 Å². The summed E-state index contributed by atoms with van der Waals surface area (Å²) in [5.41, 5.74) is -2.87. The van der Waals surface area contributed by atoms with E-state index in [0.29, 0.717) is 12.0 Å². The zero-order chi connectivity index (χ0) is 23.6. The lowest BCUT2D eigenvalue weighted by molar-refractivity contribution is -0.289. The van der Waals surface area contributed by atoms with Crippen LogP contribution in [0.4, 0.5) is 0 Å². The molecule has 0 radical (unpaired) electrons. The second-order valence-electron chi connectivity index (χ2n) is 10.9. The third-order valence-electron chi connectivity index (χ3n) is 8.96. The Bertz CT molecular complexity index is 815. The van der Waals surface area contributed by atoms with Crippen LogP contribution >= 0.6 is 0 Å². The van der Waals surface area contributed by atoms with Crippen LogP contribution in [0.3, 0.4) is 0 Å². The second-order valence-corrected chi connectivity index (χ2v) is 10.9. The van der Waals surface area contributed by atoms with Crippen molar-refractivity contribution in [2.24, 2.45) is 22.7 Å². The van der Waals surface area contributed by atoms with Gasteiger partial charge in [0.1, 0.15) is 17.3 Å². The zero-order valence-corrected chi connectivity index (χ0v) is 19.9. The number of hydrogen-bond acceptors (Lipinski definition) is 6. The number of hydrogen-bond donors (Lipinski definition) is 2. The van der Waals surface area contributed by atoms with Crippen LogP contribution in [-0.2, 0) is 19.1 Å². The van der Waals surface area contributed by atoms with Gasteiger partial charge in [-0.15, -0.1) is 6.58 Å². The fraction of sp³-hybridized carbons (Fsp3) is 0.760. The van der Waals surface area contributed by atoms with Crippen molar-refractivity contribution in [3.63, 3.8) is 0 Å². The molecule has 1 heterocycles. The second kappa shape index (κ2) is 7.53. The standard InChI is InChI=1S/C25H38O6/c1-9-14(3)21(29)30-20-13-18(27)24(7)15(22(20,4)5)11-19(28)25(8)16(24)12-17(26)23(6,10-2)31-25/h9-10,15-18,20,26-27H,2,11-13H2,1,3-8H3/b14-9-/t15-,16+,17-,18-,20+,23-,24-,25-/m1/s1. The first-order chi connectivity index (χ1) is 14.2. The molecule has 2 aliphatic carbocycles. The van der Waals surface area contributed by atoms with Crippen LogP contribution in [0, 0.1) is 22.7 Å². The van der Waals surface area contributed by atoms with Crippen molar-refractivity contribution >= 4 is 11.8 Å². The molecule has 1 aliphatic heterocycles. The zero-order valence-electron chi connectivity index (χ0n) is 19.9. The summed E-state index contributed by atoms with van der Waals surface area (Å²) in [7, 11) is 0. The molecular formula is C25H38O6. The normalized spacial score (nSPS) is 47.2. The van der Waals surface area contributed by atoms with E-state index in [9.17, 15) is 19.8 Å². The Balaban J connectivity index is 2.02. The molecule has 8 atom stereocenters. The molecule has 3 rings (SSSR count). The van der Waals surface area contributed by atoms with E-state index in [1.54, 1.807) is 39.8 Å². The van der Waals surface area contributed by atoms with Crippen molar-refractivity contribution < 1.29 is 29.3 Å². The molecule has 2 N–H and O–H groups in total. The van der Waals surface area contributed by atoms with Crippen molar-refractivity contribution in [2.45, 2.75) is 97.2 Å². The Labute approximate surface area is 185 Å². The molecule has 0 amide bonds. The maximum atomic E-state index is 13.5. The minimum absolute atomic E-state index is 0.0446. The molecule has 0 aromatic heterocycles. The summed E-state index contributed by atoms with van der Waals surface area (Å²) in [5.74, 6) is -1.06. The molecule has 2 saturated carbocycles. The predicted octanol–water partition coefficient (Wildman–Crippen LogP) is 3.35. The lowest BCUT2D eigenvalue weighted by atomic mass is 9.42. The third-order valence-corrected chi connectivity index (χ3v) is 8.96. The van der Waals surface area contributed by atoms with E-state index in [1.807, 2.05) is 20.8 Å². The van der Waals surface area contributed by atoms with E-state index in [-0.39, 0.29) is 30.5 Å². The van der Waals surface area contributed by atoms with Crippen LogP contribution < -0.4 is 0 Å². The van der Waals surface area contributed by atoms with Gasteiger partial charge in [0.25, 0.3) is 0 Å². The van der Waals surface area contributed by atoms with E-state index in [2.05, 4.69) is 6.58 Å². The summed E-state index contributed by atoms with van der Waals surface area (Å²) < 4.78 is 12.1. The maximum absolute atomic E-state index is 13.5. The van der Waals surface area contributed by atoms with Crippen LogP contribution in [0.15, 0.2) is 24.3 Å². The quantitative estimate of drug-likeness (QED) is 0.402. The molecule has 3 fully saturated rings. The Morgan fingerprint density at radius 2 is 1.74 bits per heavy atom. The number of ether oxygens (including phenoxy) is 2. The van der Waals surface area contributed by atoms with Crippen LogP contribution in [0.2, 0.25) is 0 Å². The maximum Gasteiger partial charge on any atom is 0.333 e. The molecule has 6 nitrogen and oxygen atoms in total. The molecule has 0 aromatic carbocycles. The number of rotatable bonds is 3. The highest BCUT2D eigenvalue weighted by molar-refractivity contribution is 5.89. The largest absolute Gasteiger partial charge is 0.458 e. The Hall–Kier alpha value is -1.50. The minimum atomic E-state index is -1.13. The minimum Gasteiger partial charge on any atom is -0.458 e. The van der Waals surface area contributed by atoms with Crippen LogP contribution in [-0.4, -0.2) is 51.5 Å². The lowest BCUT2D eigenvalue weighted by Crippen LogP contribution is -2.73. The van der Waals surface area contributed by atoms with Crippen molar-refractivity contribution in [1.29, 1.82) is 0 Å². The highest BCUT2D eigenvalue weighted by atomic mass is 16.5. The number of aliphatic hydroxyl groups is 2. The van der Waals surface area contributed by atoms with Crippen molar-refractivity contribution in [2.75, 3.05) is 0 Å². The first kappa shape index (κ1) is 24.1. The number of carbonyl (C=O) groups excluding carboxylic acids is 2. The SMILES string of the molecule is C=C[C@@]1(C)O[C@@]2(C)C(=O)C[C@@H]3C(C)(C)[C@@H](OC(=O)/C(C)=C\C)C[C@@H](O)[C@@]3(C)[C@@H]2C[C@H]1O. The van der Waals surface area contributed by atoms with Crippen LogP contribution in [0.5, 0.6) is 0 Å². The third kappa shape index (κ3) is 3.33. The molecule has 0 bridgehead atoms. The first-order valence-electron chi connectivity index (χ1n) is 11.3. The molecule has 0 unspecified atom stereocenters. The molecule has 0 spiro atoms. The van der Waals surface area contributed by atoms with Crippen LogP contribution in [0.1, 0.15) is 67.7 Å². The molecule has 3 aliphatic rings. The Morgan fingerprint density at radius 1 is 1.13 bits per heavy atom. The monoisotopic (exact) mass is 434 g/mol. The van der Waals surface area contributed by atoms with E-state index >= 15 is 0 Å². The summed E-state index contributed by atoms with van der Waals surface area (Å²) in [6.07, 6.45) is 1.91. The van der Waals surface area contributed by atoms with E-state index < -0.39 is 46.3 Å². The smallest absolute Gasteiger partial charge is 0.333 e. The number of esters is 1. The number of Topliss-reactive ketones (excluding diaryl/α,β-unsaturated/α-hetero) is 1. The van der Waals surface area contributed by atoms with Crippen molar-refractivity contribution in [1.82, 2.24) is 0 Å². The van der Waals surface area contributed by atoms with Gasteiger partial charge in [-0.3, -0.25) is 4.79 Å². The van der Waals surface area contributed by atoms with Gasteiger partial charge in [-0.05, 0) is 40.0 Å². The topological polar surface area (TPSA) is 93.1 Å². The van der Waals surface area contributed by atoms with Gasteiger partial charge < -0.3 is 19.7 Å². The average molecular weight is 435 g/mol.